The summed E-state index contributed by atoms with van der Waals surface area (Å²) in [6.07, 6.45) is 0. The van der Waals surface area contributed by atoms with Gasteiger partial charge in [-0.15, -0.1) is 0 Å². The van der Waals surface area contributed by atoms with Crippen LogP contribution in [0, 0.1) is 12.7 Å². The second kappa shape index (κ2) is 11.7. The van der Waals surface area contributed by atoms with E-state index in [1.807, 2.05) is 90.5 Å². The predicted octanol–water partition coefficient (Wildman–Crippen LogP) is 7.43. The minimum absolute atomic E-state index is 0.0886. The van der Waals surface area contributed by atoms with Gasteiger partial charge < -0.3 is 19.4 Å². The third-order valence-corrected chi connectivity index (χ3v) is 8.81. The molecule has 0 N–H and O–H groups in total. The summed E-state index contributed by atoms with van der Waals surface area (Å²) in [6.45, 7) is 1.86. The molecule has 1 aromatic heterocycles. The number of alkyl halides is 2. The predicted molar refractivity (Wildman–Crippen MR) is 177 cm³/mol. The van der Waals surface area contributed by atoms with Crippen LogP contribution >= 0.6 is 0 Å². The van der Waals surface area contributed by atoms with Crippen molar-refractivity contribution in [3.63, 3.8) is 0 Å². The summed E-state index contributed by atoms with van der Waals surface area (Å²) >= 11 is 0. The Bertz CT molecular complexity index is 1980. The molecule has 1 fully saturated rings. The van der Waals surface area contributed by atoms with Gasteiger partial charge in [-0.2, -0.15) is 13.9 Å². The Labute approximate surface area is 269 Å². The second-order valence-corrected chi connectivity index (χ2v) is 11.6. The molecule has 236 valence electrons. The van der Waals surface area contributed by atoms with Crippen molar-refractivity contribution in [2.75, 3.05) is 36.0 Å². The molecule has 0 bridgehead atoms. The van der Waals surface area contributed by atoms with Gasteiger partial charge in [0, 0.05) is 37.4 Å². The van der Waals surface area contributed by atoms with E-state index in [1.165, 1.54) is 12.1 Å². The maximum absolute atomic E-state index is 13.6. The smallest absolute Gasteiger partial charge is 0.387 e. The molecule has 4 aromatic carbocycles. The van der Waals surface area contributed by atoms with Gasteiger partial charge in [0.25, 0.3) is 0 Å². The summed E-state index contributed by atoms with van der Waals surface area (Å²) in [4.78, 5) is 17.2. The van der Waals surface area contributed by atoms with Crippen LogP contribution in [0.1, 0.15) is 22.9 Å². The number of aryl methyl sites for hydroxylation is 1. The number of benzene rings is 4. The third-order valence-electron chi connectivity index (χ3n) is 8.81. The zero-order valence-electron chi connectivity index (χ0n) is 25.5. The molecule has 8 rings (SSSR count). The largest absolute Gasteiger partial charge is 0.435 e. The Kier molecular flexibility index (Phi) is 7.16. The molecule has 47 heavy (non-hydrogen) atoms. The van der Waals surface area contributed by atoms with Gasteiger partial charge in [0.1, 0.15) is 11.6 Å². The first kappa shape index (κ1) is 28.9. The van der Waals surface area contributed by atoms with Crippen LogP contribution in [0.5, 0.6) is 5.75 Å². The minimum Gasteiger partial charge on any atom is -0.435 e. The first-order valence-corrected chi connectivity index (χ1v) is 15.5. The summed E-state index contributed by atoms with van der Waals surface area (Å²) in [5.74, 6) is 1.95. The minimum atomic E-state index is -2.91. The molecular weight excluding hydrogens is 603 g/mol. The molecule has 1 atom stereocenters. The van der Waals surface area contributed by atoms with Crippen LogP contribution in [0.4, 0.5) is 36.1 Å². The Morgan fingerprint density at radius 1 is 0.723 bits per heavy atom. The lowest BCUT2D eigenvalue weighted by Crippen LogP contribution is -2.55. The number of para-hydroxylation sites is 3. The van der Waals surface area contributed by atoms with Crippen LogP contribution in [0.2, 0.25) is 0 Å². The van der Waals surface area contributed by atoms with Gasteiger partial charge in [0.15, 0.2) is 17.5 Å². The average molecular weight is 634 g/mol. The maximum atomic E-state index is 13.6. The summed E-state index contributed by atoms with van der Waals surface area (Å²) in [5, 5.41) is 4.97. The van der Waals surface area contributed by atoms with E-state index in [4.69, 9.17) is 15.1 Å². The van der Waals surface area contributed by atoms with Gasteiger partial charge in [-0.3, -0.25) is 0 Å². The highest BCUT2D eigenvalue weighted by molar-refractivity contribution is 6.48. The fourth-order valence-corrected chi connectivity index (χ4v) is 6.63. The highest BCUT2D eigenvalue weighted by atomic mass is 19.3. The first-order valence-electron chi connectivity index (χ1n) is 15.5. The van der Waals surface area contributed by atoms with Gasteiger partial charge >= 0.3 is 6.61 Å². The fraction of sp³-hybridized carbons (Fsp3) is 0.194. The molecule has 0 saturated carbocycles. The molecule has 0 radical (unpaired) electrons. The van der Waals surface area contributed by atoms with Crippen molar-refractivity contribution < 1.29 is 17.9 Å². The quantitative estimate of drug-likeness (QED) is 0.202. The van der Waals surface area contributed by atoms with Crippen molar-refractivity contribution in [2.45, 2.75) is 19.6 Å². The molecule has 0 unspecified atom stereocenters. The van der Waals surface area contributed by atoms with Gasteiger partial charge in [-0.05, 0) is 73.2 Å². The third kappa shape index (κ3) is 5.17. The van der Waals surface area contributed by atoms with Crippen molar-refractivity contribution in [1.29, 1.82) is 0 Å². The lowest BCUT2D eigenvalue weighted by Gasteiger charge is -2.44. The van der Waals surface area contributed by atoms with Crippen LogP contribution in [-0.4, -0.2) is 59.1 Å². The van der Waals surface area contributed by atoms with Crippen LogP contribution < -0.4 is 14.5 Å². The first-order chi connectivity index (χ1) is 22.9. The van der Waals surface area contributed by atoms with Gasteiger partial charge in [0.05, 0.1) is 28.8 Å². The zero-order valence-corrected chi connectivity index (χ0v) is 25.5. The number of hydrogen-bond donors (Lipinski definition) is 0. The van der Waals surface area contributed by atoms with Crippen molar-refractivity contribution in [3.8, 4) is 11.4 Å². The molecule has 0 aliphatic carbocycles. The molecule has 8 nitrogen and oxygen atoms in total. The second-order valence-electron chi connectivity index (χ2n) is 11.6. The van der Waals surface area contributed by atoms with E-state index in [0.717, 1.165) is 58.5 Å². The lowest BCUT2D eigenvalue weighted by atomic mass is 9.93. The van der Waals surface area contributed by atoms with E-state index >= 15 is 0 Å². The molecular formula is C36H30F3N7O. The molecule has 0 amide bonds. The Morgan fingerprint density at radius 2 is 1.40 bits per heavy atom. The van der Waals surface area contributed by atoms with Gasteiger partial charge in [-0.25, -0.2) is 19.1 Å². The van der Waals surface area contributed by atoms with Gasteiger partial charge in [-0.1, -0.05) is 42.5 Å². The SMILES string of the molecule is Cc1nn(-c2ccccc2)c2c1[C@@H](c1ccc(OC(F)F)cc1)N1C(=N2)C(N2CCN(c3ccc(F)cc3)CC2)=Nc2ccccc21. The molecule has 11 heteroatoms. The van der Waals surface area contributed by atoms with Crippen LogP contribution in [0.15, 0.2) is 113 Å². The molecule has 3 aliphatic rings. The number of piperazine rings is 1. The summed E-state index contributed by atoms with van der Waals surface area (Å²) in [6, 6.07) is 30.8. The maximum Gasteiger partial charge on any atom is 0.387 e. The number of aromatic nitrogens is 2. The zero-order chi connectivity index (χ0) is 32.1. The Hall–Kier alpha value is -5.58. The van der Waals surface area contributed by atoms with Crippen molar-refractivity contribution in [3.05, 3.63) is 126 Å². The van der Waals surface area contributed by atoms with Gasteiger partial charge in [0.2, 0.25) is 0 Å². The van der Waals surface area contributed by atoms with E-state index < -0.39 is 6.61 Å². The molecule has 1 saturated heterocycles. The number of nitrogens with zero attached hydrogens (tertiary/aromatic N) is 7. The Balaban J connectivity index is 1.26. The van der Waals surface area contributed by atoms with Crippen LogP contribution in [0.3, 0.4) is 0 Å². The number of anilines is 2. The number of halogens is 3. The number of amidine groups is 2. The van der Waals surface area contributed by atoms with E-state index in [-0.39, 0.29) is 17.6 Å². The number of fused-ring (bicyclic) bond motifs is 4. The van der Waals surface area contributed by atoms with Crippen molar-refractivity contribution in [1.82, 2.24) is 14.7 Å². The van der Waals surface area contributed by atoms with E-state index in [2.05, 4.69) is 19.4 Å². The fourth-order valence-electron chi connectivity index (χ4n) is 6.63. The van der Waals surface area contributed by atoms with Crippen LogP contribution in [-0.2, 0) is 0 Å². The normalized spacial score (nSPS) is 17.1. The van der Waals surface area contributed by atoms with Crippen molar-refractivity contribution >= 4 is 34.6 Å². The highest BCUT2D eigenvalue weighted by Gasteiger charge is 2.43. The van der Waals surface area contributed by atoms with Crippen molar-refractivity contribution in [2.24, 2.45) is 9.98 Å². The van der Waals surface area contributed by atoms with Crippen LogP contribution in [0.25, 0.3) is 5.69 Å². The molecule has 3 aliphatic heterocycles. The summed E-state index contributed by atoms with van der Waals surface area (Å²) in [7, 11) is 0. The van der Waals surface area contributed by atoms with E-state index in [9.17, 15) is 13.2 Å². The van der Waals surface area contributed by atoms with E-state index in [0.29, 0.717) is 24.7 Å². The highest BCUT2D eigenvalue weighted by Crippen LogP contribution is 2.48. The topological polar surface area (TPSA) is 61.5 Å². The standard InChI is InChI=1S/C36H30F3N7O/c1-23-31-32(24-11-17-28(18-12-24)47-36(38)39)45-30-10-6-5-9-29(30)40-34(35(45)41-33(31)46(42-23)27-7-3-2-4-8-27)44-21-19-43(20-22-44)26-15-13-25(37)14-16-26/h2-18,32,36H,19-22H2,1H3/t32-/m1/s1. The summed E-state index contributed by atoms with van der Waals surface area (Å²) in [5.41, 5.74) is 6.13. The number of aliphatic imine (C=N–C) groups is 2. The lowest BCUT2D eigenvalue weighted by molar-refractivity contribution is -0.0498. The molecule has 4 heterocycles. The molecule has 5 aromatic rings. The Morgan fingerprint density at radius 3 is 2.13 bits per heavy atom. The average Bonchev–Trinajstić information content (AvgIpc) is 3.43. The molecule has 0 spiro atoms. The summed E-state index contributed by atoms with van der Waals surface area (Å²) < 4.78 is 46.2. The number of hydrogen-bond acceptors (Lipinski definition) is 7. The van der Waals surface area contributed by atoms with E-state index in [1.54, 1.807) is 12.1 Å². The monoisotopic (exact) mass is 633 g/mol. The number of ether oxygens (including phenoxy) is 1. The number of rotatable bonds is 5.